The van der Waals surface area contributed by atoms with Gasteiger partial charge >= 0.3 is 11.9 Å². The number of rotatable bonds is 11. The Hall–Kier alpha value is -2.38. The number of aliphatic hydroxyl groups is 1. The van der Waals surface area contributed by atoms with Crippen LogP contribution in [0.15, 0.2) is 0 Å². The predicted molar refractivity (Wildman–Crippen MR) is 90.3 cm³/mol. The zero-order valence-electron chi connectivity index (χ0n) is 13.8. The minimum Gasteiger partial charge on any atom is -0.481 e. The summed E-state index contributed by atoms with van der Waals surface area (Å²) >= 11 is 3.83. The van der Waals surface area contributed by atoms with Crippen LogP contribution in [0.1, 0.15) is 13.3 Å². The molecule has 148 valence electrons. The molecule has 13 heteroatoms. The van der Waals surface area contributed by atoms with Crippen LogP contribution in [0.25, 0.3) is 0 Å². The molecular formula is C13H22N4O8S. The van der Waals surface area contributed by atoms with Crippen molar-refractivity contribution in [2.45, 2.75) is 37.5 Å². The second-order valence-electron chi connectivity index (χ2n) is 5.26. The van der Waals surface area contributed by atoms with E-state index in [1.165, 1.54) is 6.92 Å². The Morgan fingerprint density at radius 3 is 1.92 bits per heavy atom. The minimum absolute atomic E-state index is 0.0297. The van der Waals surface area contributed by atoms with Gasteiger partial charge in [-0.15, -0.1) is 0 Å². The number of carbonyl (C=O) groups is 5. The van der Waals surface area contributed by atoms with Crippen molar-refractivity contribution in [1.82, 2.24) is 16.0 Å². The molecule has 0 aromatic carbocycles. The Morgan fingerprint density at radius 1 is 0.962 bits per heavy atom. The summed E-state index contributed by atoms with van der Waals surface area (Å²) in [7, 11) is 0. The molecule has 12 nitrogen and oxygen atoms in total. The second kappa shape index (κ2) is 11.3. The Labute approximate surface area is 153 Å². The lowest BCUT2D eigenvalue weighted by atomic mass is 10.1. The maximum Gasteiger partial charge on any atom is 0.328 e. The van der Waals surface area contributed by atoms with Gasteiger partial charge in [0.05, 0.1) is 19.1 Å². The van der Waals surface area contributed by atoms with Crippen molar-refractivity contribution >= 4 is 42.3 Å². The molecule has 0 saturated carbocycles. The Kier molecular flexibility index (Phi) is 10.2. The molecule has 0 aliphatic heterocycles. The van der Waals surface area contributed by atoms with E-state index >= 15 is 0 Å². The molecule has 8 N–H and O–H groups in total. The molecule has 0 aliphatic carbocycles. The number of amides is 3. The Bertz CT molecular complexity index is 558. The fourth-order valence-corrected chi connectivity index (χ4v) is 1.77. The van der Waals surface area contributed by atoms with E-state index in [1.54, 1.807) is 0 Å². The monoisotopic (exact) mass is 394 g/mol. The fraction of sp³-hybridized carbons (Fsp3) is 0.615. The van der Waals surface area contributed by atoms with Crippen molar-refractivity contribution in [1.29, 1.82) is 0 Å². The maximum absolute atomic E-state index is 12.1. The van der Waals surface area contributed by atoms with E-state index in [-0.39, 0.29) is 5.75 Å². The molecule has 0 rings (SSSR count). The number of aliphatic carboxylic acids is 2. The molecule has 0 aromatic rings. The zero-order valence-corrected chi connectivity index (χ0v) is 14.7. The third-order valence-corrected chi connectivity index (χ3v) is 3.49. The van der Waals surface area contributed by atoms with Gasteiger partial charge in [-0.1, -0.05) is 0 Å². The van der Waals surface area contributed by atoms with E-state index < -0.39 is 66.9 Å². The second-order valence-corrected chi connectivity index (χ2v) is 5.63. The van der Waals surface area contributed by atoms with Gasteiger partial charge in [0, 0.05) is 5.75 Å². The van der Waals surface area contributed by atoms with Gasteiger partial charge in [-0.25, -0.2) is 4.79 Å². The summed E-state index contributed by atoms with van der Waals surface area (Å²) in [6.45, 7) is 0.352. The Morgan fingerprint density at radius 2 is 1.50 bits per heavy atom. The molecule has 0 fully saturated rings. The molecule has 0 bridgehead atoms. The third-order valence-electron chi connectivity index (χ3n) is 3.09. The normalized spacial score (nSPS) is 15.1. The predicted octanol–water partition coefficient (Wildman–Crippen LogP) is -3.73. The van der Waals surface area contributed by atoms with Gasteiger partial charge in [-0.3, -0.25) is 19.2 Å². The van der Waals surface area contributed by atoms with Gasteiger partial charge in [0.15, 0.2) is 0 Å². The van der Waals surface area contributed by atoms with E-state index in [9.17, 15) is 24.0 Å². The molecule has 0 heterocycles. The number of carbonyl (C=O) groups excluding carboxylic acids is 3. The van der Waals surface area contributed by atoms with Crippen LogP contribution in [0, 0.1) is 0 Å². The van der Waals surface area contributed by atoms with E-state index in [0.29, 0.717) is 0 Å². The van der Waals surface area contributed by atoms with E-state index in [0.717, 1.165) is 0 Å². The highest BCUT2D eigenvalue weighted by Crippen LogP contribution is 1.97. The summed E-state index contributed by atoms with van der Waals surface area (Å²) in [6, 6.07) is -5.40. The average Bonchev–Trinajstić information content (AvgIpc) is 2.56. The fourth-order valence-electron chi connectivity index (χ4n) is 1.61. The van der Waals surface area contributed by atoms with Crippen molar-refractivity contribution in [3.63, 3.8) is 0 Å². The summed E-state index contributed by atoms with van der Waals surface area (Å²) in [4.78, 5) is 57.4. The highest BCUT2D eigenvalue weighted by atomic mass is 32.1. The quantitative estimate of drug-likeness (QED) is 0.162. The van der Waals surface area contributed by atoms with Gasteiger partial charge < -0.3 is 37.0 Å². The number of carboxylic acids is 2. The highest BCUT2D eigenvalue weighted by Gasteiger charge is 2.29. The minimum atomic E-state index is -1.67. The molecule has 0 spiro atoms. The molecule has 4 atom stereocenters. The summed E-state index contributed by atoms with van der Waals surface area (Å²) in [5.41, 5.74) is 5.44. The van der Waals surface area contributed by atoms with Gasteiger partial charge in [0.2, 0.25) is 17.7 Å². The molecule has 0 aromatic heterocycles. The van der Waals surface area contributed by atoms with Crippen molar-refractivity contribution < 1.29 is 39.3 Å². The molecule has 0 saturated heterocycles. The largest absolute Gasteiger partial charge is 0.481 e. The number of thiol groups is 1. The first-order valence-corrected chi connectivity index (χ1v) is 7.99. The third kappa shape index (κ3) is 8.13. The first-order valence-electron chi connectivity index (χ1n) is 7.36. The lowest BCUT2D eigenvalue weighted by Gasteiger charge is -2.22. The summed E-state index contributed by atoms with van der Waals surface area (Å²) in [5, 5.41) is 32.8. The standard InChI is InChI=1S/C13H22N4O8S/c1-5(15-11(22)6(14)4-26)10(21)16-7(2-9(19)20)12(23)17-8(3-18)13(24)25/h5-8,18,26H,2-4,14H2,1H3,(H,15,22)(H,16,21)(H,17,23)(H,19,20)(H,24,25). The van der Waals surface area contributed by atoms with E-state index in [4.69, 9.17) is 21.1 Å². The van der Waals surface area contributed by atoms with Gasteiger partial charge in [0.25, 0.3) is 0 Å². The molecular weight excluding hydrogens is 372 g/mol. The molecule has 26 heavy (non-hydrogen) atoms. The smallest absolute Gasteiger partial charge is 0.328 e. The van der Waals surface area contributed by atoms with Crippen LogP contribution in [0.4, 0.5) is 0 Å². The summed E-state index contributed by atoms with van der Waals surface area (Å²) < 4.78 is 0. The summed E-state index contributed by atoms with van der Waals surface area (Å²) in [5.74, 6) is -5.62. The van der Waals surface area contributed by atoms with Gasteiger partial charge in [-0.05, 0) is 6.92 Å². The van der Waals surface area contributed by atoms with Crippen molar-refractivity contribution in [2.24, 2.45) is 5.73 Å². The van der Waals surface area contributed by atoms with Crippen molar-refractivity contribution in [3.8, 4) is 0 Å². The van der Waals surface area contributed by atoms with Crippen molar-refractivity contribution in [3.05, 3.63) is 0 Å². The van der Waals surface area contributed by atoms with Crippen molar-refractivity contribution in [2.75, 3.05) is 12.4 Å². The summed E-state index contributed by atoms with van der Waals surface area (Å²) in [6.07, 6.45) is -0.841. The first kappa shape index (κ1) is 23.6. The van der Waals surface area contributed by atoms with Crippen LogP contribution in [0.3, 0.4) is 0 Å². The van der Waals surface area contributed by atoms with E-state index in [1.807, 2.05) is 5.32 Å². The molecule has 3 amide bonds. The lowest BCUT2D eigenvalue weighted by molar-refractivity contribution is -0.144. The van der Waals surface area contributed by atoms with Crippen LogP contribution >= 0.6 is 12.6 Å². The number of hydrogen-bond donors (Lipinski definition) is 8. The number of nitrogens with two attached hydrogens (primary N) is 1. The van der Waals surface area contributed by atoms with Crippen LogP contribution in [-0.4, -0.2) is 81.5 Å². The van der Waals surface area contributed by atoms with Gasteiger partial charge in [0.1, 0.15) is 18.1 Å². The SMILES string of the molecule is CC(NC(=O)C(N)CS)C(=O)NC(CC(=O)O)C(=O)NC(CO)C(=O)O. The molecule has 0 aliphatic rings. The zero-order chi connectivity index (χ0) is 20.4. The molecule has 4 unspecified atom stereocenters. The maximum atomic E-state index is 12.1. The van der Waals surface area contributed by atoms with Gasteiger partial charge in [-0.2, -0.15) is 12.6 Å². The first-order chi connectivity index (χ1) is 12.0. The number of hydrogen-bond acceptors (Lipinski definition) is 8. The van der Waals surface area contributed by atoms with Crippen LogP contribution in [0.2, 0.25) is 0 Å². The number of aliphatic hydroxyl groups excluding tert-OH is 1. The van der Waals surface area contributed by atoms with Crippen LogP contribution in [-0.2, 0) is 24.0 Å². The van der Waals surface area contributed by atoms with Crippen LogP contribution in [0.5, 0.6) is 0 Å². The lowest BCUT2D eigenvalue weighted by Crippen LogP contribution is -2.57. The average molecular weight is 394 g/mol. The number of carboxylic acid groups (broad SMARTS) is 2. The molecule has 0 radical (unpaired) electrons. The highest BCUT2D eigenvalue weighted by molar-refractivity contribution is 7.80. The Balaban J connectivity index is 5.00. The topological polar surface area (TPSA) is 208 Å². The number of nitrogens with one attached hydrogen (secondary N) is 3. The van der Waals surface area contributed by atoms with E-state index in [2.05, 4.69) is 23.3 Å². The van der Waals surface area contributed by atoms with Crippen LogP contribution < -0.4 is 21.7 Å².